The van der Waals surface area contributed by atoms with Gasteiger partial charge in [-0.15, -0.1) is 6.58 Å². The van der Waals surface area contributed by atoms with Crippen molar-refractivity contribution in [3.8, 4) is 16.9 Å². The third-order valence-corrected chi connectivity index (χ3v) is 4.25. The zero-order chi connectivity index (χ0) is 18.5. The maximum atomic E-state index is 14.7. The molecule has 0 atom stereocenters. The van der Waals surface area contributed by atoms with Gasteiger partial charge in [0, 0.05) is 10.9 Å². The van der Waals surface area contributed by atoms with E-state index >= 15 is 0 Å². The minimum absolute atomic E-state index is 0.240. The molecule has 0 amide bonds. The maximum absolute atomic E-state index is 14.7. The molecule has 0 fully saturated rings. The fourth-order valence-electron chi connectivity index (χ4n) is 2.89. The smallest absolute Gasteiger partial charge is 0.167 e. The summed E-state index contributed by atoms with van der Waals surface area (Å²) in [5.74, 6) is -0.995. The van der Waals surface area contributed by atoms with Crippen molar-refractivity contribution < 1.29 is 13.5 Å². The zero-order valence-corrected chi connectivity index (χ0v) is 14.5. The Morgan fingerprint density at radius 1 is 0.885 bits per heavy atom. The van der Waals surface area contributed by atoms with Crippen molar-refractivity contribution in [2.24, 2.45) is 0 Å². The molecule has 3 aromatic carbocycles. The lowest BCUT2D eigenvalue weighted by molar-refractivity contribution is 0.363. The van der Waals surface area contributed by atoms with Crippen LogP contribution in [0.3, 0.4) is 0 Å². The second-order valence-electron chi connectivity index (χ2n) is 6.06. The summed E-state index contributed by atoms with van der Waals surface area (Å²) in [6, 6.07) is 14.1. The monoisotopic (exact) mass is 350 g/mol. The van der Waals surface area contributed by atoms with Crippen molar-refractivity contribution in [3.63, 3.8) is 0 Å². The van der Waals surface area contributed by atoms with Crippen molar-refractivity contribution in [1.29, 1.82) is 0 Å². The molecule has 0 bridgehead atoms. The van der Waals surface area contributed by atoms with Crippen molar-refractivity contribution >= 4 is 10.8 Å². The summed E-state index contributed by atoms with van der Waals surface area (Å²) in [4.78, 5) is 0. The van der Waals surface area contributed by atoms with E-state index in [9.17, 15) is 8.78 Å². The van der Waals surface area contributed by atoms with E-state index in [1.807, 2.05) is 18.2 Å². The zero-order valence-electron chi connectivity index (χ0n) is 14.5. The first-order chi connectivity index (χ1) is 12.6. The molecule has 3 rings (SSSR count). The van der Waals surface area contributed by atoms with Gasteiger partial charge in [-0.25, -0.2) is 8.78 Å². The molecule has 0 saturated heterocycles. The van der Waals surface area contributed by atoms with Crippen LogP contribution in [0, 0.1) is 11.6 Å². The Morgan fingerprint density at radius 2 is 1.65 bits per heavy atom. The fourth-order valence-corrected chi connectivity index (χ4v) is 2.89. The van der Waals surface area contributed by atoms with Crippen LogP contribution < -0.4 is 4.74 Å². The van der Waals surface area contributed by atoms with E-state index in [1.165, 1.54) is 0 Å². The largest absolute Gasteiger partial charge is 0.490 e. The van der Waals surface area contributed by atoms with Crippen LogP contribution in [0.15, 0.2) is 73.8 Å². The first kappa shape index (κ1) is 17.9. The minimum atomic E-state index is -0.835. The summed E-state index contributed by atoms with van der Waals surface area (Å²) >= 11 is 0. The van der Waals surface area contributed by atoms with E-state index in [-0.39, 0.29) is 5.56 Å². The van der Waals surface area contributed by atoms with E-state index in [4.69, 9.17) is 4.74 Å². The summed E-state index contributed by atoms with van der Waals surface area (Å²) in [6.07, 6.45) is 5.02. The molecule has 3 aromatic rings. The normalized spacial score (nSPS) is 10.7. The van der Waals surface area contributed by atoms with Gasteiger partial charge in [0.25, 0.3) is 0 Å². The number of benzene rings is 3. The second kappa shape index (κ2) is 7.96. The summed E-state index contributed by atoms with van der Waals surface area (Å²) in [6.45, 7) is 7.68. The molecule has 0 radical (unpaired) electrons. The number of hydrogen-bond acceptors (Lipinski definition) is 1. The quantitative estimate of drug-likeness (QED) is 0.444. The van der Waals surface area contributed by atoms with Crippen molar-refractivity contribution in [2.75, 3.05) is 6.61 Å². The number of aryl methyl sites for hydroxylation is 1. The molecule has 0 aliphatic heterocycles. The highest BCUT2D eigenvalue weighted by Crippen LogP contribution is 2.32. The molecular weight excluding hydrogens is 330 g/mol. The average Bonchev–Trinajstić information content (AvgIpc) is 2.68. The molecule has 132 valence electrons. The van der Waals surface area contributed by atoms with Gasteiger partial charge in [-0.2, -0.15) is 0 Å². The van der Waals surface area contributed by atoms with E-state index in [1.54, 1.807) is 42.5 Å². The van der Waals surface area contributed by atoms with Gasteiger partial charge in [0.15, 0.2) is 11.6 Å². The van der Waals surface area contributed by atoms with Gasteiger partial charge in [-0.1, -0.05) is 43.0 Å². The number of halogens is 2. The van der Waals surface area contributed by atoms with Gasteiger partial charge in [0.2, 0.25) is 0 Å². The van der Waals surface area contributed by atoms with Crippen LogP contribution in [0.2, 0.25) is 0 Å². The standard InChI is InChI=1S/C23H20F2O/c1-3-5-6-16-7-8-18-15-21(23(25)22(24)20(18)14-16)17-9-11-19(12-10-17)26-13-4-2/h3-4,7-12,14-15H,1-2,5-6,13H2. The van der Waals surface area contributed by atoms with Gasteiger partial charge < -0.3 is 4.74 Å². The number of hydrogen-bond donors (Lipinski definition) is 0. The van der Waals surface area contributed by atoms with Crippen LogP contribution in [-0.4, -0.2) is 6.61 Å². The summed E-state index contributed by atoms with van der Waals surface area (Å²) in [7, 11) is 0. The molecule has 1 nitrogen and oxygen atoms in total. The molecular formula is C23H20F2O. The Hall–Kier alpha value is -2.94. The van der Waals surface area contributed by atoms with Crippen LogP contribution in [0.5, 0.6) is 5.75 Å². The summed E-state index contributed by atoms with van der Waals surface area (Å²) in [5.41, 5.74) is 1.81. The number of rotatable bonds is 7. The van der Waals surface area contributed by atoms with E-state index < -0.39 is 11.6 Å². The fraction of sp³-hybridized carbons (Fsp3) is 0.130. The Morgan fingerprint density at radius 3 is 2.35 bits per heavy atom. The van der Waals surface area contributed by atoms with Crippen molar-refractivity contribution in [2.45, 2.75) is 12.8 Å². The first-order valence-corrected chi connectivity index (χ1v) is 8.49. The van der Waals surface area contributed by atoms with Gasteiger partial charge in [-0.05, 0) is 53.6 Å². The van der Waals surface area contributed by atoms with E-state index in [0.717, 1.165) is 18.4 Å². The molecule has 0 N–H and O–H groups in total. The molecule has 3 heteroatoms. The highest BCUT2D eigenvalue weighted by Gasteiger charge is 2.15. The van der Waals surface area contributed by atoms with Crippen molar-refractivity contribution in [3.05, 3.63) is 91.0 Å². The van der Waals surface area contributed by atoms with Crippen molar-refractivity contribution in [1.82, 2.24) is 0 Å². The molecule has 0 unspecified atom stereocenters. The number of ether oxygens (including phenoxy) is 1. The molecule has 0 spiro atoms. The lowest BCUT2D eigenvalue weighted by Gasteiger charge is -2.10. The molecule has 0 saturated carbocycles. The highest BCUT2D eigenvalue weighted by molar-refractivity contribution is 5.89. The van der Waals surface area contributed by atoms with E-state index in [2.05, 4.69) is 13.2 Å². The van der Waals surface area contributed by atoms with Gasteiger partial charge >= 0.3 is 0 Å². The third-order valence-electron chi connectivity index (χ3n) is 4.25. The Balaban J connectivity index is 2.00. The summed E-state index contributed by atoms with van der Waals surface area (Å²) < 4.78 is 34.8. The predicted octanol–water partition coefficient (Wildman–Crippen LogP) is 6.47. The highest BCUT2D eigenvalue weighted by atomic mass is 19.2. The second-order valence-corrected chi connectivity index (χ2v) is 6.06. The van der Waals surface area contributed by atoms with Gasteiger partial charge in [0.05, 0.1) is 0 Å². The van der Waals surface area contributed by atoms with Crippen LogP contribution in [0.4, 0.5) is 8.78 Å². The van der Waals surface area contributed by atoms with Crippen LogP contribution in [-0.2, 0) is 6.42 Å². The van der Waals surface area contributed by atoms with Crippen LogP contribution in [0.1, 0.15) is 12.0 Å². The van der Waals surface area contributed by atoms with E-state index in [0.29, 0.717) is 28.7 Å². The SMILES string of the molecule is C=CCCc1ccc2cc(-c3ccc(OCC=C)cc3)c(F)c(F)c2c1. The maximum Gasteiger partial charge on any atom is 0.167 e. The Labute approximate surface area is 152 Å². The molecule has 0 aromatic heterocycles. The average molecular weight is 350 g/mol. The lowest BCUT2D eigenvalue weighted by atomic mass is 9.97. The molecule has 26 heavy (non-hydrogen) atoms. The lowest BCUT2D eigenvalue weighted by Crippen LogP contribution is -1.95. The number of fused-ring (bicyclic) bond motifs is 1. The summed E-state index contributed by atoms with van der Waals surface area (Å²) in [5, 5.41) is 0.979. The van der Waals surface area contributed by atoms with Crippen LogP contribution >= 0.6 is 0 Å². The molecule has 0 aliphatic rings. The molecule has 0 heterocycles. The Kier molecular flexibility index (Phi) is 5.47. The molecule has 0 aliphatic carbocycles. The van der Waals surface area contributed by atoms with Gasteiger partial charge in [0.1, 0.15) is 12.4 Å². The predicted molar refractivity (Wildman–Crippen MR) is 104 cm³/mol. The third kappa shape index (κ3) is 3.67. The Bertz CT molecular complexity index is 943. The number of allylic oxidation sites excluding steroid dienone is 1. The van der Waals surface area contributed by atoms with Crippen LogP contribution in [0.25, 0.3) is 21.9 Å². The van der Waals surface area contributed by atoms with Gasteiger partial charge in [-0.3, -0.25) is 0 Å². The topological polar surface area (TPSA) is 9.23 Å². The first-order valence-electron chi connectivity index (χ1n) is 8.49. The minimum Gasteiger partial charge on any atom is -0.490 e.